The molecule has 0 aliphatic heterocycles. The van der Waals surface area contributed by atoms with Gasteiger partial charge in [-0.25, -0.2) is 4.79 Å². The van der Waals surface area contributed by atoms with Gasteiger partial charge in [-0.3, -0.25) is 0 Å². The third-order valence-electron chi connectivity index (χ3n) is 0.262. The van der Waals surface area contributed by atoms with Gasteiger partial charge in [-0.2, -0.15) is 0 Å². The van der Waals surface area contributed by atoms with Crippen LogP contribution in [0.1, 0.15) is 0 Å². The zero-order valence-corrected chi connectivity index (χ0v) is 3.92. The van der Waals surface area contributed by atoms with Crippen LogP contribution in [-0.2, 0) is 14.6 Å². The van der Waals surface area contributed by atoms with Crippen molar-refractivity contribution in [3.05, 3.63) is 15.0 Å². The van der Waals surface area contributed by atoms with Crippen molar-refractivity contribution in [1.29, 1.82) is 0 Å². The van der Waals surface area contributed by atoms with Gasteiger partial charge in [0, 0.05) is 0 Å². The van der Waals surface area contributed by atoms with Crippen molar-refractivity contribution in [2.75, 3.05) is 0 Å². The van der Waals surface area contributed by atoms with Crippen molar-refractivity contribution in [1.82, 2.24) is 0 Å². The smallest absolute Gasteiger partial charge is 0.248 e. The van der Waals surface area contributed by atoms with Crippen molar-refractivity contribution >= 4 is 6.47 Å². The number of carbonyl (C=O) groups is 1. The molecule has 0 rings (SSSR count). The lowest BCUT2D eigenvalue weighted by Gasteiger charge is -1.74. The van der Waals surface area contributed by atoms with Gasteiger partial charge in [-0.05, 0) is 0 Å². The molecule has 0 heterocycles. The minimum atomic E-state index is -1.42. The Kier molecular flexibility index (Phi) is 2.66. The summed E-state index contributed by atoms with van der Waals surface area (Å²) in [5.74, 6) is 0. The van der Waals surface area contributed by atoms with Crippen molar-refractivity contribution in [3.63, 3.8) is 0 Å². The highest BCUT2D eigenvalue weighted by molar-refractivity contribution is 5.35. The summed E-state index contributed by atoms with van der Waals surface area (Å²) < 4.78 is 0. The average Bonchev–Trinajstić information content (AvgIpc) is 1.63. The number of nitrogens with zero attached hydrogens (tertiary/aromatic N) is 2. The van der Waals surface area contributed by atoms with Crippen LogP contribution in [0.5, 0.6) is 0 Å². The summed E-state index contributed by atoms with van der Waals surface area (Å²) in [6.45, 7) is -0.309. The van der Waals surface area contributed by atoms with Crippen molar-refractivity contribution < 1.29 is 24.7 Å². The fourth-order valence-electron chi connectivity index (χ4n) is 0.109. The molecular weight excluding hydrogens is 136 g/mol. The van der Waals surface area contributed by atoms with Crippen LogP contribution in [0.2, 0.25) is 0 Å². The molecule has 9 heavy (non-hydrogen) atoms. The van der Waals surface area contributed by atoms with E-state index in [1.807, 2.05) is 0 Å². The van der Waals surface area contributed by atoms with E-state index in [1.165, 1.54) is 0 Å². The van der Waals surface area contributed by atoms with E-state index in [0.29, 0.717) is 0 Å². The van der Waals surface area contributed by atoms with Gasteiger partial charge in [0.1, 0.15) is 4.91 Å². The third-order valence-corrected chi connectivity index (χ3v) is 0.262. The maximum absolute atomic E-state index is 9.65. The average molecular weight is 137 g/mol. The van der Waals surface area contributed by atoms with Crippen LogP contribution in [0.4, 0.5) is 0 Å². The predicted octanol–water partition coefficient (Wildman–Crippen LogP) is -1.02. The van der Waals surface area contributed by atoms with Gasteiger partial charge in [0.2, 0.25) is 0 Å². The van der Waals surface area contributed by atoms with Gasteiger partial charge >= 0.3 is 16.6 Å². The molecule has 0 fully saturated rings. The summed E-state index contributed by atoms with van der Waals surface area (Å²) in [4.78, 5) is 34.4. The zero-order chi connectivity index (χ0) is 7.28. The van der Waals surface area contributed by atoms with Crippen LogP contribution in [0.25, 0.3) is 0 Å². The van der Waals surface area contributed by atoms with Crippen LogP contribution >= 0.6 is 0 Å². The Morgan fingerprint density at radius 2 is 2.00 bits per heavy atom. The van der Waals surface area contributed by atoms with Crippen LogP contribution in [-0.4, -0.2) is 16.6 Å². The maximum Gasteiger partial charge on any atom is 0.483 e. The van der Waals surface area contributed by atoms with Crippen LogP contribution in [0, 0.1) is 15.0 Å². The lowest BCUT2D eigenvalue weighted by molar-refractivity contribution is -1.13. The van der Waals surface area contributed by atoms with Crippen LogP contribution in [0.3, 0.4) is 0 Å². The number of hydrogen-bond acceptors (Lipinski definition) is 6. The summed E-state index contributed by atoms with van der Waals surface area (Å²) in [5, 5.41) is 6.87. The number of hydrogen-bond donors (Lipinski definition) is 0. The van der Waals surface area contributed by atoms with Gasteiger partial charge in [-0.15, -0.1) is 15.0 Å². The molecule has 0 spiro atoms. The Morgan fingerprint density at radius 1 is 1.44 bits per heavy atom. The molecule has 0 aliphatic rings. The normalized spacial score (nSPS) is 7.56. The molecule has 0 aromatic rings. The fraction of sp³-hybridized carbons (Fsp3) is 0. The minimum Gasteiger partial charge on any atom is -0.248 e. The highest BCUT2D eigenvalue weighted by atomic mass is 17.2. The van der Waals surface area contributed by atoms with Gasteiger partial charge < -0.3 is 0 Å². The number of carbonyl (C=O) groups excluding carboxylic acids is 1. The molecule has 0 unspecified atom stereocenters. The molecule has 8 nitrogen and oxygen atoms in total. The van der Waals surface area contributed by atoms with Gasteiger partial charge in [-0.1, -0.05) is 0 Å². The molecule has 0 aromatic carbocycles. The van der Waals surface area contributed by atoms with Gasteiger partial charge in [0.15, 0.2) is 0 Å². The molecule has 0 saturated carbocycles. The summed E-state index contributed by atoms with van der Waals surface area (Å²) in [6, 6.07) is 0. The molecule has 0 atom stereocenters. The Morgan fingerprint density at radius 3 is 2.33 bits per heavy atom. The molecule has 0 radical (unpaired) electrons. The first kappa shape index (κ1) is 7.27. The molecule has 0 saturated heterocycles. The molecule has 0 N–H and O–H groups in total. The highest BCUT2D eigenvalue weighted by Gasteiger charge is 2.16. The second-order valence-corrected chi connectivity index (χ2v) is 0.730. The molecule has 0 bridgehead atoms. The van der Waals surface area contributed by atoms with Crippen LogP contribution in [0.15, 0.2) is 0 Å². The molecule has 0 aliphatic carbocycles. The topological polar surface area (TPSA) is 98.8 Å². The summed E-state index contributed by atoms with van der Waals surface area (Å²) in [6.07, 6.45) is 0. The molecule has 50 valence electrons. The van der Waals surface area contributed by atoms with E-state index in [9.17, 15) is 19.8 Å². The van der Waals surface area contributed by atoms with Gasteiger partial charge in [0.25, 0.3) is 0 Å². The Labute approximate surface area is 47.5 Å². The van der Waals surface area contributed by atoms with Crippen molar-refractivity contribution in [2.24, 2.45) is 0 Å². The SMILES string of the molecule is O=CO[N+](=O)O[N+](=O)[O-]. The first-order chi connectivity index (χ1) is 4.16. The van der Waals surface area contributed by atoms with Crippen molar-refractivity contribution in [3.8, 4) is 0 Å². The van der Waals surface area contributed by atoms with Gasteiger partial charge in [0.05, 0.1) is 4.94 Å². The first-order valence-corrected chi connectivity index (χ1v) is 1.57. The Hall–Kier alpha value is -1.73. The third kappa shape index (κ3) is 4.12. The molecule has 0 aromatic heterocycles. The van der Waals surface area contributed by atoms with E-state index in [2.05, 4.69) is 9.78 Å². The Balaban J connectivity index is 3.50. The summed E-state index contributed by atoms with van der Waals surface area (Å²) in [7, 11) is 0. The largest absolute Gasteiger partial charge is 0.483 e. The van der Waals surface area contributed by atoms with E-state index in [1.54, 1.807) is 0 Å². The zero-order valence-electron chi connectivity index (χ0n) is 3.92. The fourth-order valence-corrected chi connectivity index (χ4v) is 0.109. The number of rotatable bonds is 4. The minimum absolute atomic E-state index is 0.309. The molecule has 8 heteroatoms. The maximum atomic E-state index is 9.65. The van der Waals surface area contributed by atoms with E-state index < -0.39 is 10.2 Å². The Bertz CT molecular complexity index is 140. The lowest BCUT2D eigenvalue weighted by atomic mass is 11.6. The first-order valence-electron chi connectivity index (χ1n) is 1.57. The monoisotopic (exact) mass is 137 g/mol. The molecular formula is CHN2O6+. The second kappa shape index (κ2) is 3.29. The summed E-state index contributed by atoms with van der Waals surface area (Å²) >= 11 is 0. The second-order valence-electron chi connectivity index (χ2n) is 0.730. The summed E-state index contributed by atoms with van der Waals surface area (Å²) in [5.41, 5.74) is 0. The quantitative estimate of drug-likeness (QED) is 0.279. The molecule has 0 amide bonds. The standard InChI is InChI=1S/CHN2O6/c4-1-8-3(7)9-2(5)6/h1H/q+1. The van der Waals surface area contributed by atoms with E-state index in [4.69, 9.17) is 0 Å². The van der Waals surface area contributed by atoms with Crippen LogP contribution < -0.4 is 0 Å². The van der Waals surface area contributed by atoms with E-state index in [0.717, 1.165) is 0 Å². The lowest BCUT2D eigenvalue weighted by Crippen LogP contribution is -2.13. The van der Waals surface area contributed by atoms with E-state index in [-0.39, 0.29) is 6.47 Å². The van der Waals surface area contributed by atoms with Crippen molar-refractivity contribution in [2.45, 2.75) is 0 Å². The highest BCUT2D eigenvalue weighted by Crippen LogP contribution is 1.76. The predicted molar refractivity (Wildman–Crippen MR) is 18.9 cm³/mol. The van der Waals surface area contributed by atoms with E-state index >= 15 is 0 Å².